The molecule has 1 amide bonds. The van der Waals surface area contributed by atoms with Crippen molar-refractivity contribution in [1.29, 1.82) is 0 Å². The molecule has 0 saturated heterocycles. The first-order chi connectivity index (χ1) is 12.9. The molecule has 5 heteroatoms. The number of aromatic nitrogens is 2. The van der Waals surface area contributed by atoms with Gasteiger partial charge in [0.25, 0.3) is 5.91 Å². The van der Waals surface area contributed by atoms with Crippen LogP contribution in [0.4, 0.5) is 0 Å². The first-order valence-corrected chi connectivity index (χ1v) is 9.00. The molecule has 0 bridgehead atoms. The van der Waals surface area contributed by atoms with E-state index in [0.717, 1.165) is 11.3 Å². The Morgan fingerprint density at radius 1 is 1.11 bits per heavy atom. The molecule has 0 aliphatic carbocycles. The zero-order chi connectivity index (χ0) is 19.3. The Labute approximate surface area is 160 Å². The number of hydrogen-bond donors (Lipinski definition) is 1. The number of hydrogen-bond acceptors (Lipinski definition) is 3. The minimum Gasteiger partial charge on any atom is -0.484 e. The SMILES string of the molecule is CC(C)(C)c1ccc(OCC(=O)NCc2ccccc2-n2ccnc2)cc1. The Balaban J connectivity index is 1.54. The number of imidazole rings is 1. The van der Waals surface area contributed by atoms with Gasteiger partial charge in [0.05, 0.1) is 12.0 Å². The molecule has 0 aliphatic rings. The average molecular weight is 363 g/mol. The molecule has 0 aliphatic heterocycles. The third kappa shape index (κ3) is 4.97. The molecule has 140 valence electrons. The molecule has 0 radical (unpaired) electrons. The fourth-order valence-corrected chi connectivity index (χ4v) is 2.76. The average Bonchev–Trinajstić information content (AvgIpc) is 3.19. The smallest absolute Gasteiger partial charge is 0.258 e. The Morgan fingerprint density at radius 3 is 2.52 bits per heavy atom. The van der Waals surface area contributed by atoms with E-state index in [1.807, 2.05) is 59.3 Å². The maximum atomic E-state index is 12.2. The summed E-state index contributed by atoms with van der Waals surface area (Å²) in [5.41, 5.74) is 3.33. The molecule has 3 aromatic rings. The van der Waals surface area contributed by atoms with Gasteiger partial charge in [-0.25, -0.2) is 4.98 Å². The predicted octanol–water partition coefficient (Wildman–Crippen LogP) is 3.87. The van der Waals surface area contributed by atoms with Gasteiger partial charge in [-0.15, -0.1) is 0 Å². The minimum absolute atomic E-state index is 0.0118. The van der Waals surface area contributed by atoms with Crippen LogP contribution in [0, 0.1) is 0 Å². The second-order valence-electron chi connectivity index (χ2n) is 7.44. The van der Waals surface area contributed by atoms with Crippen LogP contribution in [0.5, 0.6) is 5.75 Å². The molecular weight excluding hydrogens is 338 g/mol. The lowest BCUT2D eigenvalue weighted by Crippen LogP contribution is -2.28. The van der Waals surface area contributed by atoms with E-state index in [2.05, 4.69) is 31.1 Å². The van der Waals surface area contributed by atoms with Gasteiger partial charge in [-0.2, -0.15) is 0 Å². The highest BCUT2D eigenvalue weighted by Gasteiger charge is 2.13. The molecule has 27 heavy (non-hydrogen) atoms. The van der Waals surface area contributed by atoms with Crippen LogP contribution in [-0.2, 0) is 16.8 Å². The quantitative estimate of drug-likeness (QED) is 0.723. The molecule has 0 unspecified atom stereocenters. The van der Waals surface area contributed by atoms with Crippen molar-refractivity contribution in [1.82, 2.24) is 14.9 Å². The van der Waals surface area contributed by atoms with Crippen LogP contribution in [0.25, 0.3) is 5.69 Å². The van der Waals surface area contributed by atoms with Crippen LogP contribution < -0.4 is 10.1 Å². The molecule has 5 nitrogen and oxygen atoms in total. The first-order valence-electron chi connectivity index (χ1n) is 9.00. The monoisotopic (exact) mass is 363 g/mol. The van der Waals surface area contributed by atoms with Gasteiger partial charge in [-0.05, 0) is 34.7 Å². The largest absolute Gasteiger partial charge is 0.484 e. The number of ether oxygens (including phenoxy) is 1. The zero-order valence-electron chi connectivity index (χ0n) is 16.0. The summed E-state index contributed by atoms with van der Waals surface area (Å²) in [4.78, 5) is 16.2. The molecule has 3 rings (SSSR count). The van der Waals surface area contributed by atoms with Crippen LogP contribution in [0.3, 0.4) is 0 Å². The summed E-state index contributed by atoms with van der Waals surface area (Å²) in [6.07, 6.45) is 5.35. The van der Waals surface area contributed by atoms with Crippen molar-refractivity contribution < 1.29 is 9.53 Å². The molecule has 2 aromatic carbocycles. The van der Waals surface area contributed by atoms with Crippen LogP contribution in [-0.4, -0.2) is 22.1 Å². The summed E-state index contributed by atoms with van der Waals surface area (Å²) < 4.78 is 7.52. The second kappa shape index (κ2) is 8.08. The summed E-state index contributed by atoms with van der Waals surface area (Å²) in [7, 11) is 0. The van der Waals surface area contributed by atoms with Gasteiger partial charge in [-0.1, -0.05) is 51.1 Å². The summed E-state index contributed by atoms with van der Waals surface area (Å²) >= 11 is 0. The molecule has 0 saturated carbocycles. The summed E-state index contributed by atoms with van der Waals surface area (Å²) in [5, 5.41) is 2.91. The molecule has 1 heterocycles. The topological polar surface area (TPSA) is 56.1 Å². The first kappa shape index (κ1) is 18.7. The number of amides is 1. The van der Waals surface area contributed by atoms with E-state index in [1.165, 1.54) is 5.56 Å². The van der Waals surface area contributed by atoms with Gasteiger partial charge in [0.2, 0.25) is 0 Å². The number of carbonyl (C=O) groups is 1. The summed E-state index contributed by atoms with van der Waals surface area (Å²) in [6.45, 7) is 6.91. The normalized spacial score (nSPS) is 11.2. The molecule has 0 fully saturated rings. The fraction of sp³-hybridized carbons (Fsp3) is 0.273. The lowest BCUT2D eigenvalue weighted by Gasteiger charge is -2.19. The lowest BCUT2D eigenvalue weighted by atomic mass is 9.87. The Morgan fingerprint density at radius 2 is 1.85 bits per heavy atom. The van der Waals surface area contributed by atoms with Gasteiger partial charge in [0.15, 0.2) is 6.61 Å². The second-order valence-corrected chi connectivity index (χ2v) is 7.44. The highest BCUT2D eigenvalue weighted by molar-refractivity contribution is 5.77. The van der Waals surface area contributed by atoms with Crippen LogP contribution in [0.2, 0.25) is 0 Å². The Bertz CT molecular complexity index is 879. The predicted molar refractivity (Wildman–Crippen MR) is 106 cm³/mol. The van der Waals surface area contributed by atoms with Crippen molar-refractivity contribution in [2.24, 2.45) is 0 Å². The number of nitrogens with zero attached hydrogens (tertiary/aromatic N) is 2. The van der Waals surface area contributed by atoms with Gasteiger partial charge in [0, 0.05) is 18.9 Å². The highest BCUT2D eigenvalue weighted by Crippen LogP contribution is 2.24. The minimum atomic E-state index is -0.157. The molecule has 1 aromatic heterocycles. The van der Waals surface area contributed by atoms with Gasteiger partial charge in [0.1, 0.15) is 5.75 Å². The fourth-order valence-electron chi connectivity index (χ4n) is 2.76. The van der Waals surface area contributed by atoms with Crippen LogP contribution >= 0.6 is 0 Å². The van der Waals surface area contributed by atoms with E-state index in [-0.39, 0.29) is 17.9 Å². The van der Waals surface area contributed by atoms with Crippen molar-refractivity contribution in [3.63, 3.8) is 0 Å². The number of carbonyl (C=O) groups excluding carboxylic acids is 1. The van der Waals surface area contributed by atoms with Crippen LogP contribution in [0.1, 0.15) is 31.9 Å². The Kier molecular flexibility index (Phi) is 5.60. The van der Waals surface area contributed by atoms with Crippen molar-refractivity contribution in [2.45, 2.75) is 32.7 Å². The van der Waals surface area contributed by atoms with Gasteiger partial charge in [-0.3, -0.25) is 4.79 Å². The van der Waals surface area contributed by atoms with Crippen molar-refractivity contribution in [3.05, 3.63) is 78.4 Å². The van der Waals surface area contributed by atoms with Gasteiger partial charge < -0.3 is 14.6 Å². The highest BCUT2D eigenvalue weighted by atomic mass is 16.5. The zero-order valence-corrected chi connectivity index (χ0v) is 16.0. The van der Waals surface area contributed by atoms with E-state index in [4.69, 9.17) is 4.74 Å². The van der Waals surface area contributed by atoms with Crippen molar-refractivity contribution >= 4 is 5.91 Å². The van der Waals surface area contributed by atoms with Crippen molar-refractivity contribution in [2.75, 3.05) is 6.61 Å². The maximum absolute atomic E-state index is 12.2. The number of para-hydroxylation sites is 1. The molecule has 0 spiro atoms. The molecular formula is C22H25N3O2. The third-order valence-corrected chi connectivity index (χ3v) is 4.34. The molecule has 0 atom stereocenters. The van der Waals surface area contributed by atoms with E-state index in [9.17, 15) is 4.79 Å². The Hall–Kier alpha value is -3.08. The van der Waals surface area contributed by atoms with Crippen molar-refractivity contribution in [3.8, 4) is 11.4 Å². The van der Waals surface area contributed by atoms with E-state index >= 15 is 0 Å². The van der Waals surface area contributed by atoms with E-state index in [1.54, 1.807) is 12.5 Å². The van der Waals surface area contributed by atoms with E-state index < -0.39 is 0 Å². The third-order valence-electron chi connectivity index (χ3n) is 4.34. The summed E-state index contributed by atoms with van der Waals surface area (Å²) in [6, 6.07) is 15.8. The number of nitrogens with one attached hydrogen (secondary N) is 1. The maximum Gasteiger partial charge on any atom is 0.258 e. The summed E-state index contributed by atoms with van der Waals surface area (Å²) in [5.74, 6) is 0.535. The standard InChI is InChI=1S/C22H25N3O2/c1-22(2,3)18-8-10-19(11-9-18)27-15-21(26)24-14-17-6-4-5-7-20(17)25-13-12-23-16-25/h4-13,16H,14-15H2,1-3H3,(H,24,26). The van der Waals surface area contributed by atoms with Crippen LogP contribution in [0.15, 0.2) is 67.3 Å². The van der Waals surface area contributed by atoms with E-state index in [0.29, 0.717) is 12.3 Å². The molecule has 1 N–H and O–H groups in total. The van der Waals surface area contributed by atoms with Gasteiger partial charge >= 0.3 is 0 Å². The number of benzene rings is 2. The lowest BCUT2D eigenvalue weighted by molar-refractivity contribution is -0.123. The number of rotatable bonds is 6.